The maximum atomic E-state index is 6.19. The van der Waals surface area contributed by atoms with E-state index in [0.717, 1.165) is 5.56 Å². The van der Waals surface area contributed by atoms with E-state index in [1.165, 1.54) is 0 Å². The highest BCUT2D eigenvalue weighted by Crippen LogP contribution is 2.32. The fourth-order valence-corrected chi connectivity index (χ4v) is 3.19. The highest BCUT2D eigenvalue weighted by atomic mass is 35.5. The summed E-state index contributed by atoms with van der Waals surface area (Å²) >= 11 is 12.1. The lowest BCUT2D eigenvalue weighted by Gasteiger charge is -2.30. The molecule has 0 aliphatic heterocycles. The lowest BCUT2D eigenvalue weighted by atomic mass is 10.0. The molecule has 1 aromatic rings. The van der Waals surface area contributed by atoms with E-state index in [9.17, 15) is 0 Å². The Labute approximate surface area is 114 Å². The number of hydrogen-bond acceptors (Lipinski definition) is 2. The summed E-state index contributed by atoms with van der Waals surface area (Å²) in [5, 5.41) is 1.23. The van der Waals surface area contributed by atoms with E-state index < -0.39 is 8.32 Å². The van der Waals surface area contributed by atoms with Crippen molar-refractivity contribution in [1.82, 2.24) is 0 Å². The zero-order valence-electron chi connectivity index (χ0n) is 10.6. The molecule has 1 rings (SSSR count). The van der Waals surface area contributed by atoms with Crippen LogP contribution in [0.2, 0.25) is 29.7 Å². The first-order chi connectivity index (χ1) is 7.70. The van der Waals surface area contributed by atoms with Crippen LogP contribution in [0.4, 0.5) is 0 Å². The second kappa shape index (κ2) is 5.72. The zero-order chi connectivity index (χ0) is 13.2. The topological polar surface area (TPSA) is 35.2 Å². The minimum atomic E-state index is -1.67. The van der Waals surface area contributed by atoms with Gasteiger partial charge in [0.05, 0.1) is 6.10 Å². The molecule has 1 aromatic carbocycles. The molecule has 0 saturated carbocycles. The van der Waals surface area contributed by atoms with Gasteiger partial charge in [-0.3, -0.25) is 0 Å². The van der Waals surface area contributed by atoms with Crippen LogP contribution in [0.25, 0.3) is 0 Å². The third kappa shape index (κ3) is 4.60. The van der Waals surface area contributed by atoms with Gasteiger partial charge in [-0.05, 0) is 44.3 Å². The van der Waals surface area contributed by atoms with Crippen LogP contribution in [0, 0.1) is 0 Å². The zero-order valence-corrected chi connectivity index (χ0v) is 13.1. The van der Waals surface area contributed by atoms with E-state index in [4.69, 9.17) is 33.4 Å². The van der Waals surface area contributed by atoms with E-state index in [1.54, 1.807) is 6.07 Å². The van der Waals surface area contributed by atoms with Gasteiger partial charge in [0.25, 0.3) is 0 Å². The molecular weight excluding hydrogens is 273 g/mol. The monoisotopic (exact) mass is 291 g/mol. The SMILES string of the molecule is CC(N)C(O[Si](C)(C)C)c1ccc(Cl)cc1Cl. The van der Waals surface area contributed by atoms with E-state index in [2.05, 4.69) is 19.6 Å². The molecule has 0 fully saturated rings. The van der Waals surface area contributed by atoms with E-state index >= 15 is 0 Å². The third-order valence-electron chi connectivity index (χ3n) is 2.23. The Bertz CT molecular complexity index is 391. The number of rotatable bonds is 4. The van der Waals surface area contributed by atoms with Crippen molar-refractivity contribution >= 4 is 31.5 Å². The van der Waals surface area contributed by atoms with Gasteiger partial charge in [-0.1, -0.05) is 29.3 Å². The van der Waals surface area contributed by atoms with Crippen molar-refractivity contribution in [3.05, 3.63) is 33.8 Å². The summed E-state index contributed by atoms with van der Waals surface area (Å²) in [6, 6.07) is 5.31. The Hall–Kier alpha value is -0.0631. The summed E-state index contributed by atoms with van der Waals surface area (Å²) in [5.74, 6) is 0. The Balaban J connectivity index is 3.06. The molecule has 5 heteroatoms. The van der Waals surface area contributed by atoms with Crippen molar-refractivity contribution in [2.45, 2.75) is 38.7 Å². The van der Waals surface area contributed by atoms with Crippen LogP contribution < -0.4 is 5.73 Å². The Morgan fingerprint density at radius 2 is 1.82 bits per heavy atom. The van der Waals surface area contributed by atoms with Gasteiger partial charge in [0.15, 0.2) is 8.32 Å². The van der Waals surface area contributed by atoms with Crippen molar-refractivity contribution in [3.63, 3.8) is 0 Å². The molecule has 0 heterocycles. The molecular formula is C12H19Cl2NOSi. The second-order valence-corrected chi connectivity index (χ2v) is 10.5. The Kier molecular flexibility index (Phi) is 5.04. The van der Waals surface area contributed by atoms with Crippen molar-refractivity contribution in [1.29, 1.82) is 0 Å². The first kappa shape index (κ1) is 15.0. The fraction of sp³-hybridized carbons (Fsp3) is 0.500. The van der Waals surface area contributed by atoms with Crippen LogP contribution in [0.15, 0.2) is 18.2 Å². The molecule has 2 N–H and O–H groups in total. The highest BCUT2D eigenvalue weighted by Gasteiger charge is 2.26. The van der Waals surface area contributed by atoms with Crippen LogP contribution in [0.5, 0.6) is 0 Å². The molecule has 17 heavy (non-hydrogen) atoms. The van der Waals surface area contributed by atoms with Crippen molar-refractivity contribution < 1.29 is 4.43 Å². The fourth-order valence-electron chi connectivity index (χ4n) is 1.57. The molecule has 2 atom stereocenters. The largest absolute Gasteiger partial charge is 0.409 e. The summed E-state index contributed by atoms with van der Waals surface area (Å²) in [7, 11) is -1.67. The minimum absolute atomic E-state index is 0.111. The van der Waals surface area contributed by atoms with Crippen LogP contribution in [-0.2, 0) is 4.43 Å². The molecule has 96 valence electrons. The van der Waals surface area contributed by atoms with E-state index in [0.29, 0.717) is 10.0 Å². The molecule has 0 aliphatic rings. The minimum Gasteiger partial charge on any atom is -0.409 e. The lowest BCUT2D eigenvalue weighted by Crippen LogP contribution is -2.36. The van der Waals surface area contributed by atoms with Gasteiger partial charge in [0.1, 0.15) is 0 Å². The Morgan fingerprint density at radius 3 is 2.24 bits per heavy atom. The summed E-state index contributed by atoms with van der Waals surface area (Å²) in [6.07, 6.45) is -0.175. The Morgan fingerprint density at radius 1 is 1.24 bits per heavy atom. The number of nitrogens with two attached hydrogens (primary N) is 1. The average molecular weight is 292 g/mol. The van der Waals surface area contributed by atoms with E-state index in [1.807, 2.05) is 19.1 Å². The summed E-state index contributed by atoms with van der Waals surface area (Å²) in [4.78, 5) is 0. The maximum Gasteiger partial charge on any atom is 0.184 e. The van der Waals surface area contributed by atoms with Crippen LogP contribution >= 0.6 is 23.2 Å². The highest BCUT2D eigenvalue weighted by molar-refractivity contribution is 6.69. The summed E-state index contributed by atoms with van der Waals surface area (Å²) < 4.78 is 6.09. The molecule has 0 saturated heterocycles. The first-order valence-corrected chi connectivity index (χ1v) is 9.75. The second-order valence-electron chi connectivity index (χ2n) is 5.18. The van der Waals surface area contributed by atoms with Gasteiger partial charge in [0.2, 0.25) is 0 Å². The van der Waals surface area contributed by atoms with Gasteiger partial charge in [-0.15, -0.1) is 0 Å². The molecule has 2 unspecified atom stereocenters. The third-order valence-corrected chi connectivity index (χ3v) is 3.75. The van der Waals surface area contributed by atoms with Crippen LogP contribution in [0.1, 0.15) is 18.6 Å². The number of halogens is 2. The van der Waals surface area contributed by atoms with Gasteiger partial charge < -0.3 is 10.2 Å². The molecule has 0 spiro atoms. The van der Waals surface area contributed by atoms with Gasteiger partial charge >= 0.3 is 0 Å². The van der Waals surface area contributed by atoms with Crippen LogP contribution in [0.3, 0.4) is 0 Å². The van der Waals surface area contributed by atoms with Crippen molar-refractivity contribution in [2.75, 3.05) is 0 Å². The predicted molar refractivity (Wildman–Crippen MR) is 77.3 cm³/mol. The smallest absolute Gasteiger partial charge is 0.184 e. The summed E-state index contributed by atoms with van der Waals surface area (Å²) in [6.45, 7) is 8.32. The van der Waals surface area contributed by atoms with Gasteiger partial charge in [-0.2, -0.15) is 0 Å². The van der Waals surface area contributed by atoms with E-state index in [-0.39, 0.29) is 12.1 Å². The van der Waals surface area contributed by atoms with Gasteiger partial charge in [0, 0.05) is 16.1 Å². The lowest BCUT2D eigenvalue weighted by molar-refractivity contribution is 0.173. The standard InChI is InChI=1S/C12H19Cl2NOSi/c1-8(15)12(16-17(2,3)4)10-6-5-9(13)7-11(10)14/h5-8,12H,15H2,1-4H3. The summed E-state index contributed by atoms with van der Waals surface area (Å²) in [5.41, 5.74) is 6.90. The quantitative estimate of drug-likeness (QED) is 0.843. The van der Waals surface area contributed by atoms with Crippen LogP contribution in [-0.4, -0.2) is 14.4 Å². The normalized spacial score (nSPS) is 15.7. The molecule has 0 amide bonds. The van der Waals surface area contributed by atoms with Crippen molar-refractivity contribution in [3.8, 4) is 0 Å². The maximum absolute atomic E-state index is 6.19. The molecule has 0 aromatic heterocycles. The number of hydrogen-bond donors (Lipinski definition) is 1. The number of benzene rings is 1. The van der Waals surface area contributed by atoms with Gasteiger partial charge in [-0.25, -0.2) is 0 Å². The molecule has 0 aliphatic carbocycles. The molecule has 2 nitrogen and oxygen atoms in total. The first-order valence-electron chi connectivity index (χ1n) is 5.59. The average Bonchev–Trinajstić information content (AvgIpc) is 2.13. The van der Waals surface area contributed by atoms with Crippen molar-refractivity contribution in [2.24, 2.45) is 5.73 Å². The predicted octanol–water partition coefficient (Wildman–Crippen LogP) is 4.23. The molecule has 0 bridgehead atoms. The molecule has 0 radical (unpaired) electrons.